The Hall–Kier alpha value is -1.55. The number of halogens is 1. The van der Waals surface area contributed by atoms with Crippen LogP contribution in [0.1, 0.15) is 13.8 Å². The van der Waals surface area contributed by atoms with Crippen LogP contribution < -0.4 is 9.64 Å². The highest BCUT2D eigenvalue weighted by Gasteiger charge is 2.11. The summed E-state index contributed by atoms with van der Waals surface area (Å²) in [4.78, 5) is 10.9. The first-order valence-corrected chi connectivity index (χ1v) is 5.84. The lowest BCUT2D eigenvalue weighted by molar-refractivity contribution is 0.419. The van der Waals surface area contributed by atoms with Crippen LogP contribution in [0.15, 0.2) is 24.5 Å². The van der Waals surface area contributed by atoms with E-state index >= 15 is 0 Å². The van der Waals surface area contributed by atoms with Gasteiger partial charge in [0, 0.05) is 18.5 Å². The average Bonchev–Trinajstić information content (AvgIpc) is 2.39. The fraction of sp³-hybridized carbons (Fsp3) is 0.385. The molecule has 0 radical (unpaired) electrons. The smallest absolute Gasteiger partial charge is 0.145 e. The van der Waals surface area contributed by atoms with Gasteiger partial charge >= 0.3 is 0 Å². The van der Waals surface area contributed by atoms with E-state index < -0.39 is 0 Å². The van der Waals surface area contributed by atoms with Crippen molar-refractivity contribution in [2.45, 2.75) is 13.8 Å². The van der Waals surface area contributed by atoms with Crippen molar-refractivity contribution in [2.24, 2.45) is 0 Å². The zero-order chi connectivity index (χ0) is 12.3. The van der Waals surface area contributed by atoms with Crippen molar-refractivity contribution >= 4 is 29.1 Å². The van der Waals surface area contributed by atoms with E-state index in [1.165, 1.54) is 0 Å². The maximum absolute atomic E-state index is 5.32. The Bertz CT molecular complexity index is 515. The molecule has 0 saturated carbocycles. The third-order valence-electron chi connectivity index (χ3n) is 2.89. The first-order valence-electron chi connectivity index (χ1n) is 5.84. The Morgan fingerprint density at radius 2 is 1.89 bits per heavy atom. The molecule has 0 aliphatic rings. The second-order valence-electron chi connectivity index (χ2n) is 3.73. The molecule has 1 aromatic heterocycles. The van der Waals surface area contributed by atoms with Gasteiger partial charge in [-0.15, -0.1) is 12.4 Å². The molecule has 0 amide bonds. The summed E-state index contributed by atoms with van der Waals surface area (Å²) in [5.74, 6) is 1.76. The standard InChI is InChI=1S/C13H17N3O.ClH/c1-4-16(5-2)13-10-7-6-8-11(17-3)12(10)14-9-15-13;/h6-9H,4-5H2,1-3H3;1H. The van der Waals surface area contributed by atoms with Gasteiger partial charge in [-0.3, -0.25) is 0 Å². The van der Waals surface area contributed by atoms with Crippen LogP contribution in [0.3, 0.4) is 0 Å². The average molecular weight is 268 g/mol. The van der Waals surface area contributed by atoms with E-state index in [2.05, 4.69) is 28.7 Å². The van der Waals surface area contributed by atoms with Gasteiger partial charge in [0.2, 0.25) is 0 Å². The monoisotopic (exact) mass is 267 g/mol. The molecule has 0 aliphatic heterocycles. The molecule has 0 N–H and O–H groups in total. The van der Waals surface area contributed by atoms with Crippen LogP contribution in [-0.4, -0.2) is 30.2 Å². The maximum atomic E-state index is 5.32. The van der Waals surface area contributed by atoms with Crippen molar-refractivity contribution < 1.29 is 4.74 Å². The number of benzene rings is 1. The predicted molar refractivity (Wildman–Crippen MR) is 76.9 cm³/mol. The molecule has 1 heterocycles. The third kappa shape index (κ3) is 2.48. The highest BCUT2D eigenvalue weighted by atomic mass is 35.5. The molecule has 18 heavy (non-hydrogen) atoms. The molecule has 0 saturated heterocycles. The van der Waals surface area contributed by atoms with E-state index in [0.717, 1.165) is 35.6 Å². The number of rotatable bonds is 4. The number of hydrogen-bond donors (Lipinski definition) is 0. The van der Waals surface area contributed by atoms with Gasteiger partial charge in [0.25, 0.3) is 0 Å². The van der Waals surface area contributed by atoms with Crippen LogP contribution in [0, 0.1) is 0 Å². The highest BCUT2D eigenvalue weighted by Crippen LogP contribution is 2.28. The lowest BCUT2D eigenvalue weighted by Crippen LogP contribution is -2.23. The van der Waals surface area contributed by atoms with Crippen LogP contribution in [0.25, 0.3) is 10.9 Å². The van der Waals surface area contributed by atoms with Gasteiger partial charge in [-0.1, -0.05) is 6.07 Å². The Balaban J connectivity index is 0.00000162. The first-order chi connectivity index (χ1) is 8.31. The number of aromatic nitrogens is 2. The van der Waals surface area contributed by atoms with Gasteiger partial charge in [0.05, 0.1) is 7.11 Å². The molecule has 0 fully saturated rings. The Kier molecular flexibility index (Phi) is 5.16. The van der Waals surface area contributed by atoms with E-state index in [4.69, 9.17) is 4.74 Å². The summed E-state index contributed by atoms with van der Waals surface area (Å²) < 4.78 is 5.32. The van der Waals surface area contributed by atoms with Crippen LogP contribution in [0.5, 0.6) is 5.75 Å². The van der Waals surface area contributed by atoms with Crippen LogP contribution in [0.4, 0.5) is 5.82 Å². The lowest BCUT2D eigenvalue weighted by Gasteiger charge is -2.21. The van der Waals surface area contributed by atoms with Gasteiger partial charge in [0.1, 0.15) is 23.4 Å². The minimum atomic E-state index is 0. The molecule has 2 rings (SSSR count). The summed E-state index contributed by atoms with van der Waals surface area (Å²) in [7, 11) is 1.66. The molecule has 98 valence electrons. The normalized spacial score (nSPS) is 9.94. The largest absolute Gasteiger partial charge is 0.494 e. The molecule has 1 aromatic carbocycles. The number of fused-ring (bicyclic) bond motifs is 1. The van der Waals surface area contributed by atoms with Gasteiger partial charge < -0.3 is 9.64 Å². The third-order valence-corrected chi connectivity index (χ3v) is 2.89. The maximum Gasteiger partial charge on any atom is 0.145 e. The Morgan fingerprint density at radius 3 is 2.50 bits per heavy atom. The summed E-state index contributed by atoms with van der Waals surface area (Å²) in [6.45, 7) is 6.11. The van der Waals surface area contributed by atoms with E-state index in [1.54, 1.807) is 13.4 Å². The van der Waals surface area contributed by atoms with E-state index in [9.17, 15) is 0 Å². The molecule has 2 aromatic rings. The van der Waals surface area contributed by atoms with Gasteiger partial charge in [-0.25, -0.2) is 9.97 Å². The van der Waals surface area contributed by atoms with Gasteiger partial charge in [-0.2, -0.15) is 0 Å². The molecule has 0 spiro atoms. The summed E-state index contributed by atoms with van der Waals surface area (Å²) in [5, 5.41) is 1.04. The van der Waals surface area contributed by atoms with Crippen LogP contribution in [-0.2, 0) is 0 Å². The van der Waals surface area contributed by atoms with Crippen molar-refractivity contribution in [1.82, 2.24) is 9.97 Å². The van der Waals surface area contributed by atoms with Crippen molar-refractivity contribution in [3.05, 3.63) is 24.5 Å². The van der Waals surface area contributed by atoms with Crippen molar-refractivity contribution in [1.29, 1.82) is 0 Å². The fourth-order valence-corrected chi connectivity index (χ4v) is 1.99. The summed E-state index contributed by atoms with van der Waals surface area (Å²) in [5.41, 5.74) is 0.868. The van der Waals surface area contributed by atoms with E-state index in [-0.39, 0.29) is 12.4 Å². The second kappa shape index (κ2) is 6.40. The quantitative estimate of drug-likeness (QED) is 0.854. The summed E-state index contributed by atoms with van der Waals surface area (Å²) >= 11 is 0. The van der Waals surface area contributed by atoms with Gasteiger partial charge in [-0.05, 0) is 26.0 Å². The second-order valence-corrected chi connectivity index (χ2v) is 3.73. The fourth-order valence-electron chi connectivity index (χ4n) is 1.99. The molecule has 4 nitrogen and oxygen atoms in total. The molecule has 0 atom stereocenters. The number of hydrogen-bond acceptors (Lipinski definition) is 4. The minimum absolute atomic E-state index is 0. The van der Waals surface area contributed by atoms with Crippen molar-refractivity contribution in [3.8, 4) is 5.75 Å². The zero-order valence-electron chi connectivity index (χ0n) is 10.9. The van der Waals surface area contributed by atoms with Crippen LogP contribution in [0.2, 0.25) is 0 Å². The molecule has 5 heteroatoms. The first kappa shape index (κ1) is 14.5. The number of para-hydroxylation sites is 1. The lowest BCUT2D eigenvalue weighted by atomic mass is 10.2. The predicted octanol–water partition coefficient (Wildman–Crippen LogP) is 2.91. The Labute approximate surface area is 113 Å². The summed E-state index contributed by atoms with van der Waals surface area (Å²) in [6, 6.07) is 5.92. The molecule has 0 aliphatic carbocycles. The SMILES string of the molecule is CCN(CC)c1ncnc2c(OC)cccc12.Cl. The summed E-state index contributed by atoms with van der Waals surface area (Å²) in [6.07, 6.45) is 1.60. The zero-order valence-corrected chi connectivity index (χ0v) is 11.7. The van der Waals surface area contributed by atoms with Gasteiger partial charge in [0.15, 0.2) is 0 Å². The topological polar surface area (TPSA) is 38.2 Å². The Morgan fingerprint density at radius 1 is 1.17 bits per heavy atom. The number of anilines is 1. The highest BCUT2D eigenvalue weighted by molar-refractivity contribution is 5.93. The van der Waals surface area contributed by atoms with E-state index in [0.29, 0.717) is 0 Å². The number of methoxy groups -OCH3 is 1. The number of ether oxygens (including phenoxy) is 1. The van der Waals surface area contributed by atoms with Crippen molar-refractivity contribution in [2.75, 3.05) is 25.1 Å². The molecule has 0 bridgehead atoms. The van der Waals surface area contributed by atoms with Crippen molar-refractivity contribution in [3.63, 3.8) is 0 Å². The molecular weight excluding hydrogens is 250 g/mol. The molecule has 0 unspecified atom stereocenters. The number of nitrogens with zero attached hydrogens (tertiary/aromatic N) is 3. The minimum Gasteiger partial charge on any atom is -0.494 e. The molecular formula is C13H18ClN3O. The van der Waals surface area contributed by atoms with Crippen LogP contribution >= 0.6 is 12.4 Å². The van der Waals surface area contributed by atoms with E-state index in [1.807, 2.05) is 18.2 Å².